The molecule has 0 spiro atoms. The van der Waals surface area contributed by atoms with Crippen molar-refractivity contribution >= 4 is 27.6 Å². The van der Waals surface area contributed by atoms with Gasteiger partial charge in [-0.05, 0) is 18.2 Å². The maximum Gasteiger partial charge on any atom is 0.322 e. The van der Waals surface area contributed by atoms with Crippen LogP contribution in [-0.4, -0.2) is 25.5 Å². The van der Waals surface area contributed by atoms with Gasteiger partial charge in [-0.15, -0.1) is 12.3 Å². The predicted molar refractivity (Wildman–Crippen MR) is 66.6 cm³/mol. The van der Waals surface area contributed by atoms with Gasteiger partial charge in [0.05, 0.1) is 9.92 Å². The average Bonchev–Trinajstić information content (AvgIpc) is 2.31. The number of carbonyl (C=O) groups is 1. The summed E-state index contributed by atoms with van der Waals surface area (Å²) in [5.41, 5.74) is 0. The SMILES string of the molecule is C#CCC(NS(=O)(=O)c1ccc(F)c(Cl)c1)C(=O)O. The van der Waals surface area contributed by atoms with Crippen LogP contribution in [0.25, 0.3) is 0 Å². The number of hydrogen-bond acceptors (Lipinski definition) is 3. The van der Waals surface area contributed by atoms with E-state index in [2.05, 4.69) is 0 Å². The highest BCUT2D eigenvalue weighted by molar-refractivity contribution is 7.89. The zero-order chi connectivity index (χ0) is 14.6. The van der Waals surface area contributed by atoms with E-state index in [4.69, 9.17) is 23.1 Å². The van der Waals surface area contributed by atoms with E-state index in [-0.39, 0.29) is 16.3 Å². The van der Waals surface area contributed by atoms with Gasteiger partial charge in [0.2, 0.25) is 10.0 Å². The summed E-state index contributed by atoms with van der Waals surface area (Å²) >= 11 is 5.46. The molecule has 0 aliphatic carbocycles. The summed E-state index contributed by atoms with van der Waals surface area (Å²) in [6, 6.07) is 1.26. The van der Waals surface area contributed by atoms with Crippen molar-refractivity contribution < 1.29 is 22.7 Å². The van der Waals surface area contributed by atoms with E-state index in [1.54, 1.807) is 0 Å². The minimum atomic E-state index is -4.14. The minimum Gasteiger partial charge on any atom is -0.480 e. The number of terminal acetylenes is 1. The predicted octanol–water partition coefficient (Wildman–Crippen LogP) is 1.23. The smallest absolute Gasteiger partial charge is 0.322 e. The molecule has 5 nitrogen and oxygen atoms in total. The van der Waals surface area contributed by atoms with Gasteiger partial charge >= 0.3 is 5.97 Å². The topological polar surface area (TPSA) is 83.5 Å². The molecule has 102 valence electrons. The highest BCUT2D eigenvalue weighted by Gasteiger charge is 2.25. The summed E-state index contributed by atoms with van der Waals surface area (Å²) in [5.74, 6) is -0.136. The van der Waals surface area contributed by atoms with E-state index in [0.29, 0.717) is 0 Å². The zero-order valence-electron chi connectivity index (χ0n) is 9.43. The van der Waals surface area contributed by atoms with Crippen molar-refractivity contribution in [1.29, 1.82) is 0 Å². The van der Waals surface area contributed by atoms with Crippen LogP contribution in [0, 0.1) is 18.2 Å². The Hall–Kier alpha value is -1.62. The first-order valence-electron chi connectivity index (χ1n) is 4.91. The van der Waals surface area contributed by atoms with Crippen LogP contribution in [0.3, 0.4) is 0 Å². The third-order valence-electron chi connectivity index (χ3n) is 2.12. The molecule has 1 aromatic rings. The molecule has 0 aliphatic rings. The van der Waals surface area contributed by atoms with Crippen LogP contribution in [0.15, 0.2) is 23.1 Å². The van der Waals surface area contributed by atoms with Gasteiger partial charge in [0, 0.05) is 6.42 Å². The Labute approximate surface area is 114 Å². The molecule has 0 heterocycles. The van der Waals surface area contributed by atoms with Crippen LogP contribution in [0.2, 0.25) is 5.02 Å². The van der Waals surface area contributed by atoms with Gasteiger partial charge < -0.3 is 5.11 Å². The lowest BCUT2D eigenvalue weighted by atomic mass is 10.2. The summed E-state index contributed by atoms with van der Waals surface area (Å²) in [6.07, 6.45) is 4.63. The van der Waals surface area contributed by atoms with E-state index >= 15 is 0 Å². The van der Waals surface area contributed by atoms with E-state index in [9.17, 15) is 17.6 Å². The number of carboxylic acid groups (broad SMARTS) is 1. The quantitative estimate of drug-likeness (QED) is 0.802. The third kappa shape index (κ3) is 3.92. The van der Waals surface area contributed by atoms with Crippen molar-refractivity contribution in [3.63, 3.8) is 0 Å². The molecule has 0 radical (unpaired) electrons. The van der Waals surface area contributed by atoms with Gasteiger partial charge in [-0.2, -0.15) is 4.72 Å². The molecule has 2 N–H and O–H groups in total. The highest BCUT2D eigenvalue weighted by Crippen LogP contribution is 2.19. The van der Waals surface area contributed by atoms with Crippen LogP contribution >= 0.6 is 11.6 Å². The second-order valence-corrected chi connectivity index (χ2v) is 5.62. The first kappa shape index (κ1) is 15.4. The molecule has 8 heteroatoms. The highest BCUT2D eigenvalue weighted by atomic mass is 35.5. The fourth-order valence-corrected chi connectivity index (χ4v) is 2.66. The molecular weight excluding hydrogens is 297 g/mol. The Morgan fingerprint density at radius 1 is 1.58 bits per heavy atom. The zero-order valence-corrected chi connectivity index (χ0v) is 11.0. The molecule has 0 fully saturated rings. The van der Waals surface area contributed by atoms with E-state index in [1.807, 2.05) is 10.6 Å². The molecule has 1 unspecified atom stereocenters. The standard InChI is InChI=1S/C11H9ClFNO4S/c1-2-3-10(11(15)16)14-19(17,18)7-4-5-9(13)8(12)6-7/h1,4-6,10,14H,3H2,(H,15,16). The van der Waals surface area contributed by atoms with Crippen LogP contribution < -0.4 is 4.72 Å². The molecule has 0 saturated carbocycles. The Morgan fingerprint density at radius 2 is 2.21 bits per heavy atom. The second kappa shape index (κ2) is 6.02. The summed E-state index contributed by atoms with van der Waals surface area (Å²) < 4.78 is 38.6. The van der Waals surface area contributed by atoms with Crippen molar-refractivity contribution in [1.82, 2.24) is 4.72 Å². The van der Waals surface area contributed by atoms with Crippen molar-refractivity contribution in [2.75, 3.05) is 0 Å². The molecule has 1 rings (SSSR count). The van der Waals surface area contributed by atoms with Crippen molar-refractivity contribution in [2.24, 2.45) is 0 Å². The molecule has 1 aromatic carbocycles. The van der Waals surface area contributed by atoms with Crippen molar-refractivity contribution in [2.45, 2.75) is 17.4 Å². The van der Waals surface area contributed by atoms with Gasteiger partial charge in [0.1, 0.15) is 11.9 Å². The summed E-state index contributed by atoms with van der Waals surface area (Å²) in [4.78, 5) is 10.5. The van der Waals surface area contributed by atoms with Gasteiger partial charge in [0.15, 0.2) is 0 Å². The van der Waals surface area contributed by atoms with Gasteiger partial charge in [-0.25, -0.2) is 12.8 Å². The maximum absolute atomic E-state index is 12.9. The Morgan fingerprint density at radius 3 is 2.68 bits per heavy atom. The van der Waals surface area contributed by atoms with Crippen LogP contribution in [-0.2, 0) is 14.8 Å². The van der Waals surface area contributed by atoms with E-state index in [0.717, 1.165) is 18.2 Å². The molecule has 0 bridgehead atoms. The normalized spacial score (nSPS) is 12.7. The van der Waals surface area contributed by atoms with Gasteiger partial charge in [-0.1, -0.05) is 11.6 Å². The number of rotatable bonds is 5. The first-order valence-corrected chi connectivity index (χ1v) is 6.77. The number of carboxylic acids is 1. The molecular formula is C11H9ClFNO4S. The molecule has 0 aliphatic heterocycles. The van der Waals surface area contributed by atoms with Gasteiger partial charge in [-0.3, -0.25) is 4.79 Å². The minimum absolute atomic E-state index is 0.316. The van der Waals surface area contributed by atoms with Crippen LogP contribution in [0.4, 0.5) is 4.39 Å². The lowest BCUT2D eigenvalue weighted by molar-refractivity contribution is -0.138. The van der Waals surface area contributed by atoms with E-state index < -0.39 is 27.9 Å². The first-order chi connectivity index (χ1) is 8.77. The summed E-state index contributed by atoms with van der Waals surface area (Å²) in [6.45, 7) is 0. The lowest BCUT2D eigenvalue weighted by Crippen LogP contribution is -2.40. The average molecular weight is 306 g/mol. The number of benzene rings is 1. The molecule has 1 atom stereocenters. The van der Waals surface area contributed by atoms with Crippen LogP contribution in [0.1, 0.15) is 6.42 Å². The molecule has 0 aromatic heterocycles. The Kier molecular flexibility index (Phi) is 4.89. The molecule has 0 amide bonds. The van der Waals surface area contributed by atoms with Gasteiger partial charge in [0.25, 0.3) is 0 Å². The number of nitrogens with one attached hydrogen (secondary N) is 1. The Balaban J connectivity index is 3.07. The maximum atomic E-state index is 12.9. The number of sulfonamides is 1. The number of hydrogen-bond donors (Lipinski definition) is 2. The van der Waals surface area contributed by atoms with Crippen molar-refractivity contribution in [3.05, 3.63) is 29.0 Å². The number of aliphatic carboxylic acids is 1. The monoisotopic (exact) mass is 305 g/mol. The van der Waals surface area contributed by atoms with Crippen LogP contribution in [0.5, 0.6) is 0 Å². The van der Waals surface area contributed by atoms with Crippen molar-refractivity contribution in [3.8, 4) is 12.3 Å². The Bertz CT molecular complexity index is 639. The van der Waals surface area contributed by atoms with E-state index in [1.165, 1.54) is 0 Å². The fraction of sp³-hybridized carbons (Fsp3) is 0.182. The fourth-order valence-electron chi connectivity index (χ4n) is 1.20. The number of halogens is 2. The largest absolute Gasteiger partial charge is 0.480 e. The molecule has 0 saturated heterocycles. The summed E-state index contributed by atoms with van der Waals surface area (Å²) in [7, 11) is -4.14. The summed E-state index contributed by atoms with van der Waals surface area (Å²) in [5, 5.41) is 8.42. The third-order valence-corrected chi connectivity index (χ3v) is 3.88. The lowest BCUT2D eigenvalue weighted by Gasteiger charge is -2.12. The second-order valence-electron chi connectivity index (χ2n) is 3.50. The molecule has 19 heavy (non-hydrogen) atoms.